The van der Waals surface area contributed by atoms with Gasteiger partial charge in [0.25, 0.3) is 0 Å². The average molecular weight is 379 g/mol. The zero-order valence-corrected chi connectivity index (χ0v) is 15.0. The highest BCUT2D eigenvalue weighted by molar-refractivity contribution is 7.15. The number of anilines is 1. The van der Waals surface area contributed by atoms with Crippen molar-refractivity contribution in [1.29, 1.82) is 0 Å². The van der Waals surface area contributed by atoms with Crippen molar-refractivity contribution < 1.29 is 27.5 Å². The van der Waals surface area contributed by atoms with E-state index in [4.69, 9.17) is 4.74 Å². The molecule has 0 aliphatic carbocycles. The van der Waals surface area contributed by atoms with E-state index in [1.54, 1.807) is 31.0 Å². The second-order valence-electron chi connectivity index (χ2n) is 6.76. The standard InChI is InChI=1S/C15H20F3N3O3S/c1-14(2,3)24-13(23)21-6-4-9(5-7-21)10-8-19-12(25-10)20-11(22)15(16,17)18/h8-9H,4-7H2,1-3H3,(H,19,20,22). The number of nitrogens with zero attached hydrogens (tertiary/aromatic N) is 2. The van der Waals surface area contributed by atoms with Gasteiger partial charge >= 0.3 is 18.2 Å². The molecule has 1 aliphatic rings. The van der Waals surface area contributed by atoms with Gasteiger partial charge in [-0.1, -0.05) is 0 Å². The van der Waals surface area contributed by atoms with Gasteiger partial charge in [0.1, 0.15) is 5.60 Å². The summed E-state index contributed by atoms with van der Waals surface area (Å²) in [7, 11) is 0. The number of carbonyl (C=O) groups is 2. The third-order valence-corrected chi connectivity index (χ3v) is 4.63. The molecule has 0 unspecified atom stereocenters. The van der Waals surface area contributed by atoms with E-state index in [0.717, 1.165) is 16.2 Å². The molecule has 2 amide bonds. The molecule has 6 nitrogen and oxygen atoms in total. The first-order valence-electron chi connectivity index (χ1n) is 7.77. The number of hydrogen-bond donors (Lipinski definition) is 1. The summed E-state index contributed by atoms with van der Waals surface area (Å²) in [5.74, 6) is -1.94. The van der Waals surface area contributed by atoms with Gasteiger partial charge in [-0.3, -0.25) is 10.1 Å². The third-order valence-electron chi connectivity index (χ3n) is 3.55. The maximum Gasteiger partial charge on any atom is 0.471 e. The molecule has 2 rings (SSSR count). The lowest BCUT2D eigenvalue weighted by Gasteiger charge is -2.33. The normalized spacial score (nSPS) is 16.6. The molecule has 1 N–H and O–H groups in total. The lowest BCUT2D eigenvalue weighted by Crippen LogP contribution is -2.41. The molecule has 1 aromatic rings. The van der Waals surface area contributed by atoms with Crippen LogP contribution in [0.2, 0.25) is 0 Å². The molecule has 1 aliphatic heterocycles. The Balaban J connectivity index is 1.89. The summed E-state index contributed by atoms with van der Waals surface area (Å²) in [6.07, 6.45) is -2.51. The summed E-state index contributed by atoms with van der Waals surface area (Å²) in [5.41, 5.74) is -0.558. The zero-order valence-electron chi connectivity index (χ0n) is 14.1. The fourth-order valence-electron chi connectivity index (χ4n) is 2.37. The predicted molar refractivity (Wildman–Crippen MR) is 86.6 cm³/mol. The summed E-state index contributed by atoms with van der Waals surface area (Å²) in [5, 5.41) is 1.68. The van der Waals surface area contributed by atoms with Gasteiger partial charge in [0.15, 0.2) is 5.13 Å². The van der Waals surface area contributed by atoms with Gasteiger partial charge in [-0.05, 0) is 39.5 Å². The van der Waals surface area contributed by atoms with Crippen molar-refractivity contribution in [2.45, 2.75) is 51.3 Å². The van der Waals surface area contributed by atoms with Gasteiger partial charge in [-0.15, -0.1) is 11.3 Å². The number of halogens is 3. The van der Waals surface area contributed by atoms with Crippen molar-refractivity contribution in [3.63, 3.8) is 0 Å². The minimum atomic E-state index is -4.94. The van der Waals surface area contributed by atoms with E-state index in [-0.39, 0.29) is 17.1 Å². The topological polar surface area (TPSA) is 71.5 Å². The molecule has 1 fully saturated rings. The zero-order chi connectivity index (χ0) is 18.8. The minimum Gasteiger partial charge on any atom is -0.444 e. The van der Waals surface area contributed by atoms with E-state index in [2.05, 4.69) is 4.98 Å². The van der Waals surface area contributed by atoms with Crippen LogP contribution >= 0.6 is 11.3 Å². The smallest absolute Gasteiger partial charge is 0.444 e. The number of nitrogens with one attached hydrogen (secondary N) is 1. The maximum absolute atomic E-state index is 12.2. The molecule has 1 saturated heterocycles. The van der Waals surface area contributed by atoms with Crippen molar-refractivity contribution in [1.82, 2.24) is 9.88 Å². The van der Waals surface area contributed by atoms with Gasteiger partial charge in [0.2, 0.25) is 0 Å². The number of thiazole rings is 1. The fraction of sp³-hybridized carbons (Fsp3) is 0.667. The van der Waals surface area contributed by atoms with Crippen molar-refractivity contribution in [3.8, 4) is 0 Å². The Bertz CT molecular complexity index is 632. The first-order chi connectivity index (χ1) is 11.5. The Morgan fingerprint density at radius 3 is 2.40 bits per heavy atom. The Kier molecular flexibility index (Phi) is 5.60. The molecule has 25 heavy (non-hydrogen) atoms. The van der Waals surface area contributed by atoms with Gasteiger partial charge in [0.05, 0.1) is 0 Å². The second-order valence-corrected chi connectivity index (χ2v) is 7.82. The molecule has 0 radical (unpaired) electrons. The summed E-state index contributed by atoms with van der Waals surface area (Å²) < 4.78 is 42.1. The lowest BCUT2D eigenvalue weighted by atomic mass is 9.96. The fourth-order valence-corrected chi connectivity index (χ4v) is 3.35. The average Bonchev–Trinajstić information content (AvgIpc) is 2.93. The van der Waals surface area contributed by atoms with Crippen LogP contribution in [0, 0.1) is 0 Å². The molecule has 0 atom stereocenters. The summed E-state index contributed by atoms with van der Waals surface area (Å²) >= 11 is 1.03. The van der Waals surface area contributed by atoms with Gasteiger partial charge < -0.3 is 9.64 Å². The molecule has 0 spiro atoms. The highest BCUT2D eigenvalue weighted by Crippen LogP contribution is 2.34. The number of alkyl halides is 3. The molecule has 0 aromatic carbocycles. The lowest BCUT2D eigenvalue weighted by molar-refractivity contribution is -0.167. The number of aromatic nitrogens is 1. The van der Waals surface area contributed by atoms with Crippen molar-refractivity contribution in [2.75, 3.05) is 18.4 Å². The molecular weight excluding hydrogens is 359 g/mol. The SMILES string of the molecule is CC(C)(C)OC(=O)N1CCC(c2cnc(NC(=O)C(F)(F)F)s2)CC1. The molecule has 0 bridgehead atoms. The van der Waals surface area contributed by atoms with Crippen molar-refractivity contribution >= 4 is 28.5 Å². The van der Waals surface area contributed by atoms with Crippen LogP contribution < -0.4 is 5.32 Å². The Labute approximate surface area is 147 Å². The van der Waals surface area contributed by atoms with Crippen LogP contribution in [0.15, 0.2) is 6.20 Å². The monoisotopic (exact) mass is 379 g/mol. The first kappa shape index (κ1) is 19.5. The number of ether oxygens (including phenoxy) is 1. The number of piperidine rings is 1. The maximum atomic E-state index is 12.2. The van der Waals surface area contributed by atoms with E-state index in [0.29, 0.717) is 25.9 Å². The van der Waals surface area contributed by atoms with Gasteiger partial charge in [-0.25, -0.2) is 9.78 Å². The van der Waals surface area contributed by atoms with Crippen molar-refractivity contribution in [2.24, 2.45) is 0 Å². The van der Waals surface area contributed by atoms with Gasteiger partial charge in [0, 0.05) is 24.2 Å². The highest BCUT2D eigenvalue weighted by atomic mass is 32.1. The molecular formula is C15H20F3N3O3S. The van der Waals surface area contributed by atoms with E-state index in [1.807, 2.05) is 0 Å². The third kappa shape index (κ3) is 5.58. The van der Waals surface area contributed by atoms with E-state index in [1.165, 1.54) is 6.20 Å². The summed E-state index contributed by atoms with van der Waals surface area (Å²) in [4.78, 5) is 29.2. The number of likely N-dealkylation sites (tertiary alicyclic amines) is 1. The quantitative estimate of drug-likeness (QED) is 0.849. The Hall–Kier alpha value is -1.84. The van der Waals surface area contributed by atoms with E-state index in [9.17, 15) is 22.8 Å². The van der Waals surface area contributed by atoms with E-state index >= 15 is 0 Å². The number of carbonyl (C=O) groups excluding carboxylic acids is 2. The highest BCUT2D eigenvalue weighted by Gasteiger charge is 2.39. The van der Waals surface area contributed by atoms with E-state index < -0.39 is 17.7 Å². The van der Waals surface area contributed by atoms with Crippen LogP contribution in [0.25, 0.3) is 0 Å². The van der Waals surface area contributed by atoms with Crippen LogP contribution in [0.4, 0.5) is 23.1 Å². The molecule has 0 saturated carbocycles. The van der Waals surface area contributed by atoms with Crippen LogP contribution in [0.1, 0.15) is 44.4 Å². The number of rotatable bonds is 2. The second kappa shape index (κ2) is 7.19. The van der Waals surface area contributed by atoms with Crippen LogP contribution in [-0.2, 0) is 9.53 Å². The number of hydrogen-bond acceptors (Lipinski definition) is 5. The van der Waals surface area contributed by atoms with Crippen LogP contribution in [-0.4, -0.2) is 46.8 Å². The molecule has 10 heteroatoms. The van der Waals surface area contributed by atoms with Crippen molar-refractivity contribution in [3.05, 3.63) is 11.1 Å². The first-order valence-corrected chi connectivity index (χ1v) is 8.59. The van der Waals surface area contributed by atoms with Crippen LogP contribution in [0.5, 0.6) is 0 Å². The van der Waals surface area contributed by atoms with Crippen LogP contribution in [0.3, 0.4) is 0 Å². The molecule has 2 heterocycles. The minimum absolute atomic E-state index is 0.0769. The number of amides is 2. The molecule has 1 aromatic heterocycles. The van der Waals surface area contributed by atoms with Gasteiger partial charge in [-0.2, -0.15) is 13.2 Å². The largest absolute Gasteiger partial charge is 0.471 e. The summed E-state index contributed by atoms with van der Waals surface area (Å²) in [6.45, 7) is 6.40. The summed E-state index contributed by atoms with van der Waals surface area (Å²) in [6, 6.07) is 0. The molecule has 140 valence electrons. The Morgan fingerprint density at radius 2 is 1.88 bits per heavy atom. The Morgan fingerprint density at radius 1 is 1.28 bits per heavy atom. The predicted octanol–water partition coefficient (Wildman–Crippen LogP) is 3.76.